The van der Waals surface area contributed by atoms with Gasteiger partial charge in [-0.3, -0.25) is 0 Å². The van der Waals surface area contributed by atoms with Gasteiger partial charge in [-0.1, -0.05) is 11.6 Å². The van der Waals surface area contributed by atoms with Crippen LogP contribution in [0.4, 0.5) is 5.69 Å². The molecule has 0 aromatic carbocycles. The molecule has 0 aliphatic heterocycles. The van der Waals surface area contributed by atoms with E-state index in [0.717, 1.165) is 0 Å². The number of hydrogen-bond donors (Lipinski definition) is 1. The number of aromatic nitrogens is 1. The molecule has 1 aromatic rings. The Morgan fingerprint density at radius 2 is 2.07 bits per heavy atom. The summed E-state index contributed by atoms with van der Waals surface area (Å²) in [5.41, 5.74) is 5.47. The lowest BCUT2D eigenvalue weighted by Crippen LogP contribution is -2.24. The molecule has 0 saturated heterocycles. The predicted octanol–water partition coefficient (Wildman–Crippen LogP) is 2.27. The van der Waals surface area contributed by atoms with Crippen LogP contribution in [0.25, 0.3) is 0 Å². The van der Waals surface area contributed by atoms with Gasteiger partial charge in [0.2, 0.25) is 0 Å². The third-order valence-electron chi connectivity index (χ3n) is 1.42. The molecule has 1 aromatic heterocycles. The fourth-order valence-corrected chi connectivity index (χ4v) is 1.17. The van der Waals surface area contributed by atoms with Crippen LogP contribution in [0.5, 0.6) is 0 Å². The van der Waals surface area contributed by atoms with Crippen LogP contribution < -0.4 is 5.73 Å². The lowest BCUT2D eigenvalue weighted by atomic mass is 10.2. The average Bonchev–Trinajstić information content (AvgIpc) is 1.98. The molecule has 0 spiro atoms. The van der Waals surface area contributed by atoms with Crippen molar-refractivity contribution in [2.24, 2.45) is 0 Å². The van der Waals surface area contributed by atoms with Gasteiger partial charge in [0.1, 0.15) is 10.8 Å². The first kappa shape index (κ1) is 11.8. The highest BCUT2D eigenvalue weighted by molar-refractivity contribution is 6.29. The zero-order valence-electron chi connectivity index (χ0n) is 8.87. The highest BCUT2D eigenvalue weighted by Gasteiger charge is 2.19. The van der Waals surface area contributed by atoms with Crippen molar-refractivity contribution in [1.29, 1.82) is 0 Å². The minimum Gasteiger partial charge on any atom is -0.455 e. The Balaban J connectivity index is 2.92. The highest BCUT2D eigenvalue weighted by Crippen LogP contribution is 2.16. The van der Waals surface area contributed by atoms with Crippen LogP contribution in [-0.4, -0.2) is 16.6 Å². The molecule has 0 amide bonds. The molecular weight excluding hydrogens is 216 g/mol. The Labute approximate surface area is 93.4 Å². The SMILES string of the molecule is CC(C)(C)OC(=O)c1cc(N)cc(Cl)n1. The maximum Gasteiger partial charge on any atom is 0.357 e. The molecule has 0 atom stereocenters. The molecular formula is C10H13ClN2O2. The number of anilines is 1. The van der Waals surface area contributed by atoms with E-state index in [4.69, 9.17) is 22.1 Å². The lowest BCUT2D eigenvalue weighted by molar-refractivity contribution is 0.00629. The maximum atomic E-state index is 11.6. The number of nitrogens with zero attached hydrogens (tertiary/aromatic N) is 1. The van der Waals surface area contributed by atoms with E-state index in [1.807, 2.05) is 0 Å². The van der Waals surface area contributed by atoms with E-state index in [-0.39, 0.29) is 10.8 Å². The van der Waals surface area contributed by atoms with Crippen LogP contribution in [0.1, 0.15) is 31.3 Å². The summed E-state index contributed by atoms with van der Waals surface area (Å²) in [5.74, 6) is -0.531. The number of ether oxygens (including phenoxy) is 1. The van der Waals surface area contributed by atoms with E-state index < -0.39 is 11.6 Å². The minimum atomic E-state index is -0.560. The van der Waals surface area contributed by atoms with Gasteiger partial charge in [0, 0.05) is 5.69 Å². The molecule has 82 valence electrons. The largest absolute Gasteiger partial charge is 0.455 e. The second-order valence-corrected chi connectivity index (χ2v) is 4.50. The second kappa shape index (κ2) is 4.06. The number of hydrogen-bond acceptors (Lipinski definition) is 4. The molecule has 0 aliphatic rings. The van der Waals surface area contributed by atoms with Gasteiger partial charge < -0.3 is 10.5 Å². The Kier molecular flexibility index (Phi) is 3.19. The molecule has 0 unspecified atom stereocenters. The zero-order chi connectivity index (χ0) is 11.6. The van der Waals surface area contributed by atoms with Gasteiger partial charge in [0.25, 0.3) is 0 Å². The Bertz CT molecular complexity index is 365. The summed E-state index contributed by atoms with van der Waals surface area (Å²) in [7, 11) is 0. The van der Waals surface area contributed by atoms with E-state index >= 15 is 0 Å². The summed E-state index contributed by atoms with van der Waals surface area (Å²) >= 11 is 5.67. The summed E-state index contributed by atoms with van der Waals surface area (Å²) in [5, 5.41) is 0.177. The number of halogens is 1. The summed E-state index contributed by atoms with van der Waals surface area (Å²) in [6.07, 6.45) is 0. The summed E-state index contributed by atoms with van der Waals surface area (Å²) in [4.78, 5) is 15.4. The number of carbonyl (C=O) groups is 1. The quantitative estimate of drug-likeness (QED) is 0.592. The zero-order valence-corrected chi connectivity index (χ0v) is 9.63. The van der Waals surface area contributed by atoms with Crippen molar-refractivity contribution >= 4 is 23.3 Å². The summed E-state index contributed by atoms with van der Waals surface area (Å²) in [6.45, 7) is 5.33. The molecule has 4 nitrogen and oxygen atoms in total. The van der Waals surface area contributed by atoms with Crippen molar-refractivity contribution in [3.05, 3.63) is 23.0 Å². The number of carbonyl (C=O) groups excluding carboxylic acids is 1. The van der Waals surface area contributed by atoms with Crippen LogP contribution >= 0.6 is 11.6 Å². The second-order valence-electron chi connectivity index (χ2n) is 4.11. The van der Waals surface area contributed by atoms with Crippen LogP contribution in [-0.2, 0) is 4.74 Å². The molecule has 0 fully saturated rings. The molecule has 15 heavy (non-hydrogen) atoms. The van der Waals surface area contributed by atoms with Crippen LogP contribution in [0.15, 0.2) is 12.1 Å². The van der Waals surface area contributed by atoms with Crippen molar-refractivity contribution in [3.8, 4) is 0 Å². The van der Waals surface area contributed by atoms with E-state index in [0.29, 0.717) is 5.69 Å². The summed E-state index contributed by atoms with van der Waals surface area (Å²) < 4.78 is 5.12. The van der Waals surface area contributed by atoms with E-state index in [2.05, 4.69) is 4.98 Å². The standard InChI is InChI=1S/C10H13ClN2O2/c1-10(2,3)15-9(14)7-4-6(12)5-8(11)13-7/h4-5H,1-3H3,(H2,12,13). The number of pyridine rings is 1. The molecule has 0 aliphatic carbocycles. The topological polar surface area (TPSA) is 65.2 Å². The van der Waals surface area contributed by atoms with Crippen molar-refractivity contribution in [2.75, 3.05) is 5.73 Å². The maximum absolute atomic E-state index is 11.6. The molecule has 2 N–H and O–H groups in total. The normalized spacial score (nSPS) is 11.2. The Hall–Kier alpha value is -1.29. The Morgan fingerprint density at radius 3 is 2.53 bits per heavy atom. The Morgan fingerprint density at radius 1 is 1.47 bits per heavy atom. The summed E-state index contributed by atoms with van der Waals surface area (Å²) in [6, 6.07) is 2.90. The molecule has 1 heterocycles. The number of nitrogens with two attached hydrogens (primary N) is 1. The molecule has 5 heteroatoms. The number of nitrogen functional groups attached to an aromatic ring is 1. The first-order valence-electron chi connectivity index (χ1n) is 4.44. The highest BCUT2D eigenvalue weighted by atomic mass is 35.5. The van der Waals surface area contributed by atoms with E-state index in [1.54, 1.807) is 20.8 Å². The first-order valence-corrected chi connectivity index (χ1v) is 4.82. The van der Waals surface area contributed by atoms with Crippen molar-refractivity contribution in [2.45, 2.75) is 26.4 Å². The monoisotopic (exact) mass is 228 g/mol. The first-order chi connectivity index (χ1) is 6.78. The molecule has 0 saturated carbocycles. The van der Waals surface area contributed by atoms with Crippen LogP contribution in [0.2, 0.25) is 5.15 Å². The van der Waals surface area contributed by atoms with Crippen LogP contribution in [0, 0.1) is 0 Å². The molecule has 0 bridgehead atoms. The minimum absolute atomic E-state index is 0.120. The smallest absolute Gasteiger partial charge is 0.357 e. The van der Waals surface area contributed by atoms with Crippen molar-refractivity contribution in [3.63, 3.8) is 0 Å². The third-order valence-corrected chi connectivity index (χ3v) is 1.62. The van der Waals surface area contributed by atoms with Gasteiger partial charge in [-0.05, 0) is 32.9 Å². The molecule has 1 rings (SSSR count). The van der Waals surface area contributed by atoms with Gasteiger partial charge in [0.15, 0.2) is 5.69 Å². The fraction of sp³-hybridized carbons (Fsp3) is 0.400. The fourth-order valence-electron chi connectivity index (χ4n) is 0.952. The van der Waals surface area contributed by atoms with Gasteiger partial charge in [-0.15, -0.1) is 0 Å². The van der Waals surface area contributed by atoms with Crippen molar-refractivity contribution < 1.29 is 9.53 Å². The van der Waals surface area contributed by atoms with E-state index in [1.165, 1.54) is 12.1 Å². The van der Waals surface area contributed by atoms with Crippen LogP contribution in [0.3, 0.4) is 0 Å². The van der Waals surface area contributed by atoms with Crippen molar-refractivity contribution in [1.82, 2.24) is 4.98 Å². The van der Waals surface area contributed by atoms with Gasteiger partial charge >= 0.3 is 5.97 Å². The number of rotatable bonds is 1. The number of esters is 1. The molecule has 0 radical (unpaired) electrons. The van der Waals surface area contributed by atoms with Gasteiger partial charge in [-0.2, -0.15) is 0 Å². The van der Waals surface area contributed by atoms with E-state index in [9.17, 15) is 4.79 Å². The van der Waals surface area contributed by atoms with Gasteiger partial charge in [0.05, 0.1) is 0 Å². The predicted molar refractivity (Wildman–Crippen MR) is 58.8 cm³/mol. The lowest BCUT2D eigenvalue weighted by Gasteiger charge is -2.19. The third kappa shape index (κ3) is 3.75. The van der Waals surface area contributed by atoms with Gasteiger partial charge in [-0.25, -0.2) is 9.78 Å². The average molecular weight is 229 g/mol.